The van der Waals surface area contributed by atoms with E-state index < -0.39 is 7.05 Å². The van der Waals surface area contributed by atoms with Crippen molar-refractivity contribution < 1.29 is 5.02 Å². The van der Waals surface area contributed by atoms with Gasteiger partial charge in [-0.25, -0.2) is 0 Å². The van der Waals surface area contributed by atoms with Crippen molar-refractivity contribution in [3.63, 3.8) is 0 Å². The zero-order valence-electron chi connectivity index (χ0n) is 15.5. The highest BCUT2D eigenvalue weighted by atomic mass is 16.2. The van der Waals surface area contributed by atoms with Gasteiger partial charge in [-0.05, 0) is 26.2 Å². The molecule has 1 atom stereocenters. The highest BCUT2D eigenvalue weighted by Crippen LogP contribution is 2.11. The number of nitrogens with one attached hydrogen (secondary N) is 1. The standard InChI is InChI=1S/C15H40BN7O/c1-16(24)21-9-3-2-4-15(23(12-7-19)13-8-20)14-22(10-5-17)11-6-18/h15,21,24H,2-14,17-20H2,1H3. The summed E-state index contributed by atoms with van der Waals surface area (Å²) in [5, 5.41) is 12.3. The summed E-state index contributed by atoms with van der Waals surface area (Å²) in [7, 11) is -0.448. The van der Waals surface area contributed by atoms with E-state index in [4.69, 9.17) is 22.9 Å². The van der Waals surface area contributed by atoms with Gasteiger partial charge in [0.1, 0.15) is 0 Å². The van der Waals surface area contributed by atoms with Crippen molar-refractivity contribution in [1.29, 1.82) is 0 Å². The molecule has 0 aliphatic carbocycles. The summed E-state index contributed by atoms with van der Waals surface area (Å²) >= 11 is 0. The van der Waals surface area contributed by atoms with E-state index in [9.17, 15) is 5.02 Å². The quantitative estimate of drug-likeness (QED) is 0.127. The molecular formula is C15H40BN7O. The van der Waals surface area contributed by atoms with Gasteiger partial charge in [0.05, 0.1) is 0 Å². The lowest BCUT2D eigenvalue weighted by Gasteiger charge is -2.35. The summed E-state index contributed by atoms with van der Waals surface area (Å²) in [6, 6.07) is 0.404. The van der Waals surface area contributed by atoms with E-state index in [-0.39, 0.29) is 0 Å². The van der Waals surface area contributed by atoms with Gasteiger partial charge in [-0.2, -0.15) is 0 Å². The molecule has 0 aromatic heterocycles. The molecule has 0 aromatic carbocycles. The molecule has 144 valence electrons. The van der Waals surface area contributed by atoms with Gasteiger partial charge in [0.25, 0.3) is 0 Å². The van der Waals surface area contributed by atoms with Gasteiger partial charge < -0.3 is 33.2 Å². The minimum atomic E-state index is -0.448. The molecule has 0 saturated carbocycles. The maximum absolute atomic E-state index is 9.25. The first-order chi connectivity index (χ1) is 11.6. The van der Waals surface area contributed by atoms with Crippen LogP contribution in [0.3, 0.4) is 0 Å². The highest BCUT2D eigenvalue weighted by Gasteiger charge is 2.20. The van der Waals surface area contributed by atoms with Crippen LogP contribution in [0.2, 0.25) is 6.82 Å². The van der Waals surface area contributed by atoms with E-state index in [1.807, 2.05) is 0 Å². The Bertz CT molecular complexity index is 262. The van der Waals surface area contributed by atoms with Gasteiger partial charge >= 0.3 is 7.05 Å². The Morgan fingerprint density at radius 2 is 1.46 bits per heavy atom. The van der Waals surface area contributed by atoms with Crippen LogP contribution < -0.4 is 28.2 Å². The lowest BCUT2D eigenvalue weighted by molar-refractivity contribution is 0.137. The number of nitrogens with zero attached hydrogens (tertiary/aromatic N) is 2. The van der Waals surface area contributed by atoms with Gasteiger partial charge in [0, 0.05) is 64.9 Å². The molecule has 0 aromatic rings. The Kier molecular flexibility index (Phi) is 16.1. The van der Waals surface area contributed by atoms with Crippen LogP contribution in [0.15, 0.2) is 0 Å². The molecular weight excluding hydrogens is 305 g/mol. The smallest absolute Gasteiger partial charge is 0.373 e. The second kappa shape index (κ2) is 16.2. The lowest BCUT2D eigenvalue weighted by Crippen LogP contribution is -2.49. The van der Waals surface area contributed by atoms with Crippen LogP contribution in [0.1, 0.15) is 19.3 Å². The minimum absolute atomic E-state index is 0.404. The van der Waals surface area contributed by atoms with Gasteiger partial charge in [0.15, 0.2) is 0 Å². The molecule has 8 nitrogen and oxygen atoms in total. The molecule has 0 heterocycles. The first-order valence-corrected chi connectivity index (χ1v) is 9.27. The summed E-state index contributed by atoms with van der Waals surface area (Å²) in [6.07, 6.45) is 3.20. The van der Waals surface area contributed by atoms with Crippen molar-refractivity contribution in [3.8, 4) is 0 Å². The second-order valence-corrected chi connectivity index (χ2v) is 6.27. The fraction of sp³-hybridized carbons (Fsp3) is 1.00. The molecule has 0 aliphatic rings. The predicted octanol–water partition coefficient (Wildman–Crippen LogP) is -2.34. The van der Waals surface area contributed by atoms with Crippen LogP contribution in [0.4, 0.5) is 0 Å². The molecule has 0 bridgehead atoms. The molecule has 0 amide bonds. The van der Waals surface area contributed by atoms with Gasteiger partial charge in [-0.15, -0.1) is 0 Å². The molecule has 24 heavy (non-hydrogen) atoms. The third-order valence-corrected chi connectivity index (χ3v) is 4.11. The second-order valence-electron chi connectivity index (χ2n) is 6.27. The van der Waals surface area contributed by atoms with Crippen molar-refractivity contribution in [2.24, 2.45) is 22.9 Å². The molecule has 0 spiro atoms. The SMILES string of the molecule is CB(O)NCCCCC(CN(CCN)CCN)N(CCN)CCN. The Morgan fingerprint density at radius 1 is 0.917 bits per heavy atom. The van der Waals surface area contributed by atoms with Crippen molar-refractivity contribution >= 4 is 7.05 Å². The van der Waals surface area contributed by atoms with Crippen LogP contribution >= 0.6 is 0 Å². The molecule has 0 aliphatic heterocycles. The van der Waals surface area contributed by atoms with Crippen LogP contribution in [0, 0.1) is 0 Å². The third-order valence-electron chi connectivity index (χ3n) is 4.11. The number of rotatable bonds is 17. The molecule has 9 heteroatoms. The molecule has 0 rings (SSSR count). The van der Waals surface area contributed by atoms with Crippen LogP contribution in [0.5, 0.6) is 0 Å². The number of unbranched alkanes of at least 4 members (excludes halogenated alkanes) is 1. The van der Waals surface area contributed by atoms with E-state index >= 15 is 0 Å². The number of nitrogens with two attached hydrogens (primary N) is 4. The zero-order chi connectivity index (χ0) is 18.2. The first-order valence-electron chi connectivity index (χ1n) is 9.27. The van der Waals surface area contributed by atoms with Crippen molar-refractivity contribution in [2.45, 2.75) is 32.1 Å². The molecule has 0 fully saturated rings. The largest absolute Gasteiger partial charge is 0.437 e. The summed E-state index contributed by atoms with van der Waals surface area (Å²) in [5.74, 6) is 0. The Labute approximate surface area is 148 Å². The topological polar surface area (TPSA) is 143 Å². The third kappa shape index (κ3) is 12.2. The number of hydrogen-bond donors (Lipinski definition) is 6. The normalized spacial score (nSPS) is 13.0. The molecule has 1 unspecified atom stereocenters. The number of hydrogen-bond acceptors (Lipinski definition) is 8. The van der Waals surface area contributed by atoms with Gasteiger partial charge in [-0.3, -0.25) is 9.80 Å². The monoisotopic (exact) mass is 345 g/mol. The fourth-order valence-electron chi connectivity index (χ4n) is 2.97. The summed E-state index contributed by atoms with van der Waals surface area (Å²) in [6.45, 7) is 9.47. The molecule has 10 N–H and O–H groups in total. The van der Waals surface area contributed by atoms with Gasteiger partial charge in [-0.1, -0.05) is 6.42 Å². The van der Waals surface area contributed by atoms with Gasteiger partial charge in [0.2, 0.25) is 0 Å². The van der Waals surface area contributed by atoms with Crippen molar-refractivity contribution in [2.75, 3.05) is 65.4 Å². The Hall–Kier alpha value is -0.255. The van der Waals surface area contributed by atoms with Crippen molar-refractivity contribution in [3.05, 3.63) is 0 Å². The van der Waals surface area contributed by atoms with Crippen LogP contribution in [-0.4, -0.2) is 93.4 Å². The van der Waals surface area contributed by atoms with Crippen molar-refractivity contribution in [1.82, 2.24) is 15.0 Å². The predicted molar refractivity (Wildman–Crippen MR) is 104 cm³/mol. The van der Waals surface area contributed by atoms with Crippen LogP contribution in [-0.2, 0) is 0 Å². The Morgan fingerprint density at radius 3 is 1.92 bits per heavy atom. The van der Waals surface area contributed by atoms with E-state index in [1.165, 1.54) is 0 Å². The van der Waals surface area contributed by atoms with E-state index in [0.29, 0.717) is 32.2 Å². The lowest BCUT2D eigenvalue weighted by atomic mass is 9.89. The van der Waals surface area contributed by atoms with E-state index in [1.54, 1.807) is 6.82 Å². The summed E-state index contributed by atoms with van der Waals surface area (Å²) in [4.78, 5) is 4.72. The fourth-order valence-corrected chi connectivity index (χ4v) is 2.97. The maximum Gasteiger partial charge on any atom is 0.373 e. The molecule has 0 radical (unpaired) electrons. The summed E-state index contributed by atoms with van der Waals surface area (Å²) < 4.78 is 0. The first kappa shape index (κ1) is 23.7. The van der Waals surface area contributed by atoms with E-state index in [0.717, 1.165) is 58.5 Å². The minimum Gasteiger partial charge on any atom is -0.437 e. The average molecular weight is 345 g/mol. The maximum atomic E-state index is 9.25. The van der Waals surface area contributed by atoms with Crippen LogP contribution in [0.25, 0.3) is 0 Å². The zero-order valence-corrected chi connectivity index (χ0v) is 15.5. The summed E-state index contributed by atoms with van der Waals surface area (Å²) in [5.41, 5.74) is 23.0. The average Bonchev–Trinajstić information content (AvgIpc) is 2.53. The van der Waals surface area contributed by atoms with E-state index in [2.05, 4.69) is 15.0 Å². The Balaban J connectivity index is 4.59. The molecule has 0 saturated heterocycles. The highest BCUT2D eigenvalue weighted by molar-refractivity contribution is 6.45.